The van der Waals surface area contributed by atoms with Crippen molar-refractivity contribution in [1.82, 2.24) is 40.0 Å². The van der Waals surface area contributed by atoms with Gasteiger partial charge in [-0.25, -0.2) is 24.0 Å². The van der Waals surface area contributed by atoms with Crippen LogP contribution in [-0.4, -0.2) is 184 Å². The third-order valence-electron chi connectivity index (χ3n) is 20.0. The molecule has 9 fully saturated rings. The van der Waals surface area contributed by atoms with Crippen LogP contribution in [0.1, 0.15) is 224 Å². The summed E-state index contributed by atoms with van der Waals surface area (Å²) in [4.78, 5) is 276. The van der Waals surface area contributed by atoms with E-state index in [4.69, 9.17) is 25.6 Å². The molecule has 0 aromatic heterocycles. The molecule has 8 saturated heterocycles. The summed E-state index contributed by atoms with van der Waals surface area (Å²) in [7, 11) is 0. The first-order valence-electron chi connectivity index (χ1n) is 38.8. The second-order valence-electron chi connectivity index (χ2n) is 31.5. The molecule has 8 aliphatic heterocycles. The Kier molecular flexibility index (Phi) is 32.1. The zero-order valence-corrected chi connectivity index (χ0v) is 66.5. The number of benzene rings is 1. The number of nitrogens with zero attached hydrogens (tertiary/aromatic N) is 8. The number of hydrogen-bond acceptors (Lipinski definition) is 26. The highest BCUT2D eigenvalue weighted by atomic mass is 16.7. The maximum Gasteiger partial charge on any atom is 0.363 e. The van der Waals surface area contributed by atoms with Crippen LogP contribution in [-0.2, 0) is 120 Å². The summed E-state index contributed by atoms with van der Waals surface area (Å²) in [6.45, 7) is 29.5. The molecule has 1 N–H and O–H groups in total. The molecule has 16 amide bonds. The number of allylic oxidation sites excluding steroid dienone is 1. The summed E-state index contributed by atoms with van der Waals surface area (Å²) < 4.78 is 7.47. The van der Waals surface area contributed by atoms with Crippen LogP contribution in [0.4, 0.5) is 5.69 Å². The molecular weight excluding hydrogens is 1480 g/mol. The highest BCUT2D eigenvalue weighted by molar-refractivity contribution is 6.08. The highest BCUT2D eigenvalue weighted by Gasteiger charge is 2.47. The monoisotopic (exact) mass is 1580 g/mol. The molecule has 0 spiro atoms. The van der Waals surface area contributed by atoms with Crippen molar-refractivity contribution in [3.05, 3.63) is 42.1 Å². The molecule has 35 heteroatoms. The Morgan fingerprint density at radius 3 is 1.20 bits per heavy atom. The molecule has 8 unspecified atom stereocenters. The standard InChI is InChI=1S/C20H28N2O6.C17H20N2O5.C16H22N2O5.C15H20N2O6.C10H15NO4/c1-11(2)15-9-16(23)21(19(15)26)10-13-4-6-14(7-5-13)20(27)28-22-17(24)8-12(3)18(22)25;1-10(2)8-14(20)18-13-6-4-12(5-7-13)17(23)24-19-15(21)9-11(3)16(19)22;1-10(2)12-9-14(20)17(16(12)22)8-4-5-15(21)23-18-11(3)6-7-13(18)19;1-8(2)10-7-11(18)16(15(10)22)5-4-13(20)23-17-12(19)6-9(3)14(17)21;1-6(2)4-9(13)15-11-8(12)5-7(3)10(11)14/h11-15H,4-10H2,1-3H3;4-7,10-11H,8-9H2,1-3H3,(H,18,20);10,12H,3-9H2,1-2H3;8-10H,4-7H2,1-3H3;6-7H,4-5H2,1-3H3/i;;7D;;. The Balaban J connectivity index is 0.000000224. The molecule has 1 aromatic rings. The summed E-state index contributed by atoms with van der Waals surface area (Å²) in [6.07, 6.45) is 3.09. The molecular formula is C78H105N9O26. The number of amides is 16. The number of nitrogens with one attached hydrogen (secondary N) is 1. The second kappa shape index (κ2) is 40.6. The third kappa shape index (κ3) is 24.6. The van der Waals surface area contributed by atoms with E-state index in [0.717, 1.165) is 9.96 Å². The van der Waals surface area contributed by atoms with E-state index < -0.39 is 107 Å². The Morgan fingerprint density at radius 2 is 0.814 bits per heavy atom. The lowest BCUT2D eigenvalue weighted by molar-refractivity contribution is -0.202. The normalized spacial score (nSPS) is 24.6. The molecule has 1 aromatic carbocycles. The molecule has 8 heterocycles. The van der Waals surface area contributed by atoms with Crippen molar-refractivity contribution in [2.75, 3.05) is 25.0 Å². The van der Waals surface area contributed by atoms with Gasteiger partial charge in [-0.05, 0) is 98.3 Å². The molecule has 1 saturated carbocycles. The lowest BCUT2D eigenvalue weighted by Gasteiger charge is -2.30. The number of hydroxylamine groups is 10. The zero-order chi connectivity index (χ0) is 85.3. The Morgan fingerprint density at radius 1 is 0.434 bits per heavy atom. The van der Waals surface area contributed by atoms with Crippen LogP contribution in [0, 0.1) is 82.9 Å². The van der Waals surface area contributed by atoms with E-state index in [-0.39, 0.29) is 208 Å². The van der Waals surface area contributed by atoms with Gasteiger partial charge in [0.05, 0.1) is 30.0 Å². The van der Waals surface area contributed by atoms with E-state index in [2.05, 4.69) is 11.9 Å². The van der Waals surface area contributed by atoms with Crippen molar-refractivity contribution in [2.24, 2.45) is 82.9 Å². The lowest BCUT2D eigenvalue weighted by Crippen LogP contribution is -2.39. The largest absolute Gasteiger partial charge is 0.363 e. The maximum atomic E-state index is 12.4. The second-order valence-corrected chi connectivity index (χ2v) is 31.5. The van der Waals surface area contributed by atoms with Crippen LogP contribution >= 0.6 is 0 Å². The van der Waals surface area contributed by atoms with Crippen molar-refractivity contribution in [3.63, 3.8) is 0 Å². The van der Waals surface area contributed by atoms with Gasteiger partial charge in [0.2, 0.25) is 41.4 Å². The van der Waals surface area contributed by atoms with Crippen LogP contribution in [0.2, 0.25) is 0 Å². The van der Waals surface area contributed by atoms with Gasteiger partial charge in [0.15, 0.2) is 0 Å². The van der Waals surface area contributed by atoms with Gasteiger partial charge in [-0.1, -0.05) is 104 Å². The van der Waals surface area contributed by atoms with Crippen molar-refractivity contribution >= 4 is 130 Å². The molecule has 1 aliphatic carbocycles. The molecule has 618 valence electrons. The maximum absolute atomic E-state index is 12.4. The highest BCUT2D eigenvalue weighted by Crippen LogP contribution is 2.36. The van der Waals surface area contributed by atoms with Crippen LogP contribution in [0.25, 0.3) is 0 Å². The van der Waals surface area contributed by atoms with Crippen molar-refractivity contribution < 1.29 is 126 Å². The first kappa shape index (κ1) is 89.4. The van der Waals surface area contributed by atoms with Gasteiger partial charge in [0.1, 0.15) is 0 Å². The molecule has 0 radical (unpaired) electrons. The minimum Gasteiger partial charge on any atom is -0.334 e. The summed E-state index contributed by atoms with van der Waals surface area (Å²) in [5.74, 6) is -11.5. The third-order valence-corrected chi connectivity index (χ3v) is 20.0. The molecule has 113 heavy (non-hydrogen) atoms. The fraction of sp³-hybridized carbons (Fsp3) is 0.628. The van der Waals surface area contributed by atoms with Gasteiger partial charge in [0.25, 0.3) is 53.2 Å². The predicted molar refractivity (Wildman–Crippen MR) is 390 cm³/mol. The SMILES string of the molecule is CC(C)CC(=O)Nc1ccc(C(=O)ON2C(=O)CC(C)C2=O)cc1.CC(C)CC(=O)ON1C(=O)CC(C)C1=O.CC1CC(=O)N(OC(=O)C2CCC(CN3C(=O)CC(C(C)C)C3=O)CC2)C1=O.CC1CC(=O)N(OC(=O)CCN2C(=O)CC(C(C)C)C2=O)C1=O.[2H]C1CC(=C)N(OC(=O)CCCN2C(=O)CC(C(C)C)C2=O)C1=O. The summed E-state index contributed by atoms with van der Waals surface area (Å²) in [5.41, 5.74) is 1.01. The van der Waals surface area contributed by atoms with E-state index in [1.54, 1.807) is 39.8 Å². The van der Waals surface area contributed by atoms with Crippen LogP contribution in [0.3, 0.4) is 0 Å². The number of imide groups is 7. The van der Waals surface area contributed by atoms with Gasteiger partial charge in [-0.15, -0.1) is 25.3 Å². The van der Waals surface area contributed by atoms with E-state index in [9.17, 15) is 101 Å². The topological polar surface area (TPSA) is 443 Å². The van der Waals surface area contributed by atoms with E-state index >= 15 is 0 Å². The number of anilines is 1. The zero-order valence-electron chi connectivity index (χ0n) is 67.5. The first-order valence-corrected chi connectivity index (χ1v) is 38.2. The van der Waals surface area contributed by atoms with Crippen LogP contribution < -0.4 is 5.32 Å². The lowest BCUT2D eigenvalue weighted by atomic mass is 9.82. The molecule has 9 aliphatic rings. The molecule has 0 bridgehead atoms. The van der Waals surface area contributed by atoms with Crippen molar-refractivity contribution in [1.29, 1.82) is 0 Å². The minimum atomic E-state index is -0.988. The van der Waals surface area contributed by atoms with Crippen molar-refractivity contribution in [2.45, 2.75) is 212 Å². The average molecular weight is 1590 g/mol. The van der Waals surface area contributed by atoms with Gasteiger partial charge in [-0.2, -0.15) is 0 Å². The van der Waals surface area contributed by atoms with Crippen molar-refractivity contribution in [3.8, 4) is 0 Å². The number of carbonyl (C=O) groups excluding carboxylic acids is 21. The van der Waals surface area contributed by atoms with Gasteiger partial charge >= 0.3 is 29.8 Å². The molecule has 35 nitrogen and oxygen atoms in total. The average Bonchev–Trinajstić information content (AvgIpc) is 1.65. The number of carbonyl (C=O) groups is 21. The van der Waals surface area contributed by atoms with E-state index in [1.165, 1.54) is 21.9 Å². The van der Waals surface area contributed by atoms with Gasteiger partial charge in [0, 0.05) is 132 Å². The predicted octanol–water partition coefficient (Wildman–Crippen LogP) is 6.35. The molecule has 10 rings (SSSR count). The smallest absolute Gasteiger partial charge is 0.334 e. The summed E-state index contributed by atoms with van der Waals surface area (Å²) >= 11 is 0. The Hall–Kier alpha value is -10.8. The van der Waals surface area contributed by atoms with Crippen LogP contribution in [0.5, 0.6) is 0 Å². The Labute approximate surface area is 656 Å². The molecule has 8 atom stereocenters. The Bertz CT molecular complexity index is 3960. The van der Waals surface area contributed by atoms with Gasteiger partial charge in [-0.3, -0.25) is 91.4 Å². The fourth-order valence-electron chi connectivity index (χ4n) is 13.2. The fourth-order valence-corrected chi connectivity index (χ4v) is 13.2. The number of rotatable bonds is 24. The summed E-state index contributed by atoms with van der Waals surface area (Å²) in [5, 5.41) is 5.67. The van der Waals surface area contributed by atoms with Gasteiger partial charge < -0.3 is 29.5 Å². The number of likely N-dealkylation sites (tertiary alicyclic amines) is 3. The minimum absolute atomic E-state index is 0.00524. The van der Waals surface area contributed by atoms with E-state index in [1.807, 2.05) is 69.2 Å². The number of hydrogen-bond donors (Lipinski definition) is 1. The van der Waals surface area contributed by atoms with Crippen LogP contribution in [0.15, 0.2) is 36.5 Å². The quantitative estimate of drug-likeness (QED) is 0.110. The van der Waals surface area contributed by atoms with E-state index in [0.29, 0.717) is 64.6 Å². The summed E-state index contributed by atoms with van der Waals surface area (Å²) in [6, 6.07) is 6.04. The first-order chi connectivity index (χ1) is 53.3.